The molecule has 1 unspecified atom stereocenters. The number of amides is 1. The molecular weight excluding hydrogens is 237 g/mol. The summed E-state index contributed by atoms with van der Waals surface area (Å²) in [6.07, 6.45) is -0.506. The van der Waals surface area contributed by atoms with E-state index in [0.717, 1.165) is 5.56 Å². The summed E-state index contributed by atoms with van der Waals surface area (Å²) >= 11 is 0. The average molecular weight is 255 g/mol. The standard InChI is InChI=1S/C13H18FNO3/c1-15(8-12(16)9-18-2)13(17)7-10-3-5-11(14)6-4-10/h3-6,12,16H,7-9H2,1-2H3. The molecule has 1 atom stereocenters. The molecule has 1 aromatic carbocycles. The van der Waals surface area contributed by atoms with Crippen LogP contribution in [0.4, 0.5) is 4.39 Å². The largest absolute Gasteiger partial charge is 0.389 e. The van der Waals surface area contributed by atoms with Crippen LogP contribution in [0.25, 0.3) is 0 Å². The first-order valence-electron chi connectivity index (χ1n) is 5.68. The maximum atomic E-state index is 12.7. The van der Waals surface area contributed by atoms with E-state index < -0.39 is 6.10 Å². The van der Waals surface area contributed by atoms with Gasteiger partial charge in [0.05, 0.1) is 19.1 Å². The SMILES string of the molecule is COCC(O)CN(C)C(=O)Cc1ccc(F)cc1. The molecule has 1 aromatic rings. The number of methoxy groups -OCH3 is 1. The lowest BCUT2D eigenvalue weighted by atomic mass is 10.1. The fourth-order valence-electron chi connectivity index (χ4n) is 1.57. The van der Waals surface area contributed by atoms with Crippen molar-refractivity contribution in [3.05, 3.63) is 35.6 Å². The molecule has 1 N–H and O–H groups in total. The summed E-state index contributed by atoms with van der Waals surface area (Å²) in [5.41, 5.74) is 0.745. The molecule has 0 spiro atoms. The minimum absolute atomic E-state index is 0.128. The van der Waals surface area contributed by atoms with Gasteiger partial charge in [0, 0.05) is 20.7 Å². The number of hydrogen-bond donors (Lipinski definition) is 1. The summed E-state index contributed by atoms with van der Waals surface area (Å²) in [5, 5.41) is 9.50. The number of likely N-dealkylation sites (N-methyl/N-ethyl adjacent to an activating group) is 1. The highest BCUT2D eigenvalue weighted by molar-refractivity contribution is 5.78. The second-order valence-corrected chi connectivity index (χ2v) is 4.19. The number of aliphatic hydroxyl groups is 1. The number of hydrogen-bond acceptors (Lipinski definition) is 3. The highest BCUT2D eigenvalue weighted by Crippen LogP contribution is 2.05. The van der Waals surface area contributed by atoms with Crippen molar-refractivity contribution in [1.29, 1.82) is 0 Å². The predicted octanol–water partition coefficient (Wildman–Crippen LogP) is 0.834. The van der Waals surface area contributed by atoms with Crippen molar-refractivity contribution in [1.82, 2.24) is 4.90 Å². The Bertz CT molecular complexity index is 380. The van der Waals surface area contributed by atoms with E-state index in [9.17, 15) is 14.3 Å². The van der Waals surface area contributed by atoms with Gasteiger partial charge < -0.3 is 14.7 Å². The zero-order chi connectivity index (χ0) is 13.5. The second-order valence-electron chi connectivity index (χ2n) is 4.19. The molecule has 5 heteroatoms. The minimum Gasteiger partial charge on any atom is -0.389 e. The maximum Gasteiger partial charge on any atom is 0.226 e. The molecule has 0 aliphatic heterocycles. The van der Waals surface area contributed by atoms with E-state index in [4.69, 9.17) is 4.74 Å². The van der Waals surface area contributed by atoms with E-state index in [0.29, 0.717) is 0 Å². The third-order valence-corrected chi connectivity index (χ3v) is 2.54. The normalized spacial score (nSPS) is 12.2. The van der Waals surface area contributed by atoms with Crippen LogP contribution in [0, 0.1) is 5.82 Å². The Morgan fingerprint density at radius 3 is 2.61 bits per heavy atom. The number of halogens is 1. The number of nitrogens with zero attached hydrogens (tertiary/aromatic N) is 1. The molecule has 0 aliphatic rings. The van der Waals surface area contributed by atoms with Crippen molar-refractivity contribution in [2.75, 3.05) is 27.3 Å². The van der Waals surface area contributed by atoms with E-state index in [-0.39, 0.29) is 31.3 Å². The van der Waals surface area contributed by atoms with Crippen LogP contribution >= 0.6 is 0 Å². The van der Waals surface area contributed by atoms with E-state index in [1.54, 1.807) is 19.2 Å². The van der Waals surface area contributed by atoms with Gasteiger partial charge in [0.15, 0.2) is 0 Å². The predicted molar refractivity (Wildman–Crippen MR) is 65.6 cm³/mol. The summed E-state index contributed by atoms with van der Waals surface area (Å²) < 4.78 is 17.5. The molecule has 0 saturated heterocycles. The van der Waals surface area contributed by atoms with Gasteiger partial charge in [-0.15, -0.1) is 0 Å². The topological polar surface area (TPSA) is 49.8 Å². The first-order valence-corrected chi connectivity index (χ1v) is 5.68. The van der Waals surface area contributed by atoms with E-state index in [1.165, 1.54) is 24.1 Å². The summed E-state index contributed by atoms with van der Waals surface area (Å²) in [6.45, 7) is 0.405. The lowest BCUT2D eigenvalue weighted by Crippen LogP contribution is -2.37. The van der Waals surface area contributed by atoms with Gasteiger partial charge in [-0.1, -0.05) is 12.1 Å². The van der Waals surface area contributed by atoms with Gasteiger partial charge in [-0.05, 0) is 17.7 Å². The van der Waals surface area contributed by atoms with Crippen LogP contribution in [0.15, 0.2) is 24.3 Å². The molecular formula is C13H18FNO3. The zero-order valence-corrected chi connectivity index (χ0v) is 10.6. The number of carbonyl (C=O) groups excluding carboxylic acids is 1. The second kappa shape index (κ2) is 7.08. The van der Waals surface area contributed by atoms with Gasteiger partial charge in [-0.3, -0.25) is 4.79 Å². The Labute approximate surface area is 106 Å². The fourth-order valence-corrected chi connectivity index (χ4v) is 1.57. The maximum absolute atomic E-state index is 12.7. The molecule has 18 heavy (non-hydrogen) atoms. The van der Waals surface area contributed by atoms with Gasteiger partial charge in [0.1, 0.15) is 5.82 Å². The van der Waals surface area contributed by atoms with Gasteiger partial charge in [0.2, 0.25) is 5.91 Å². The number of rotatable bonds is 6. The highest BCUT2D eigenvalue weighted by Gasteiger charge is 2.13. The average Bonchev–Trinajstić information content (AvgIpc) is 2.32. The van der Waals surface area contributed by atoms with Crippen molar-refractivity contribution in [3.63, 3.8) is 0 Å². The third kappa shape index (κ3) is 4.81. The van der Waals surface area contributed by atoms with Crippen LogP contribution in [0.3, 0.4) is 0 Å². The van der Waals surface area contributed by atoms with Crippen LogP contribution in [-0.2, 0) is 16.0 Å². The van der Waals surface area contributed by atoms with Crippen LogP contribution in [0.5, 0.6) is 0 Å². The molecule has 0 heterocycles. The molecule has 0 aliphatic carbocycles. The first-order chi connectivity index (χ1) is 8.52. The molecule has 1 amide bonds. The summed E-state index contributed by atoms with van der Waals surface area (Å²) in [7, 11) is 3.11. The zero-order valence-electron chi connectivity index (χ0n) is 10.6. The van der Waals surface area contributed by atoms with E-state index in [1.807, 2.05) is 0 Å². The summed E-state index contributed by atoms with van der Waals surface area (Å²) in [4.78, 5) is 13.3. The Kier molecular flexibility index (Phi) is 5.74. The Morgan fingerprint density at radius 2 is 2.06 bits per heavy atom. The van der Waals surface area contributed by atoms with Crippen LogP contribution in [-0.4, -0.2) is 49.3 Å². The third-order valence-electron chi connectivity index (χ3n) is 2.54. The Morgan fingerprint density at radius 1 is 1.44 bits per heavy atom. The van der Waals surface area contributed by atoms with Crippen LogP contribution in [0.2, 0.25) is 0 Å². The number of ether oxygens (including phenoxy) is 1. The number of aliphatic hydroxyl groups excluding tert-OH is 1. The van der Waals surface area contributed by atoms with Gasteiger partial charge in [-0.2, -0.15) is 0 Å². The van der Waals surface area contributed by atoms with Crippen molar-refractivity contribution in [3.8, 4) is 0 Å². The van der Waals surface area contributed by atoms with Crippen LogP contribution in [0.1, 0.15) is 5.56 Å². The quantitative estimate of drug-likeness (QED) is 0.819. The van der Waals surface area contributed by atoms with Gasteiger partial charge >= 0.3 is 0 Å². The molecule has 0 aromatic heterocycles. The first kappa shape index (κ1) is 14.6. The molecule has 0 bridgehead atoms. The smallest absolute Gasteiger partial charge is 0.226 e. The summed E-state index contributed by atoms with van der Waals surface area (Å²) in [5.74, 6) is -0.452. The van der Waals surface area contributed by atoms with E-state index >= 15 is 0 Å². The lowest BCUT2D eigenvalue weighted by molar-refractivity contribution is -0.130. The van der Waals surface area contributed by atoms with Crippen molar-refractivity contribution >= 4 is 5.91 Å². The van der Waals surface area contributed by atoms with Gasteiger partial charge in [-0.25, -0.2) is 4.39 Å². The van der Waals surface area contributed by atoms with Crippen molar-refractivity contribution < 1.29 is 19.0 Å². The van der Waals surface area contributed by atoms with E-state index in [2.05, 4.69) is 0 Å². The molecule has 0 fully saturated rings. The summed E-state index contributed by atoms with van der Waals surface area (Å²) in [6, 6.07) is 5.80. The fraction of sp³-hybridized carbons (Fsp3) is 0.462. The lowest BCUT2D eigenvalue weighted by Gasteiger charge is -2.20. The molecule has 1 rings (SSSR count). The Balaban J connectivity index is 2.46. The number of carbonyl (C=O) groups is 1. The number of benzene rings is 1. The minimum atomic E-state index is -0.697. The van der Waals surface area contributed by atoms with Gasteiger partial charge in [0.25, 0.3) is 0 Å². The molecule has 100 valence electrons. The monoisotopic (exact) mass is 255 g/mol. The molecule has 0 radical (unpaired) electrons. The van der Waals surface area contributed by atoms with Crippen molar-refractivity contribution in [2.45, 2.75) is 12.5 Å². The molecule has 0 saturated carbocycles. The Hall–Kier alpha value is -1.46. The van der Waals surface area contributed by atoms with Crippen LogP contribution < -0.4 is 0 Å². The molecule has 4 nitrogen and oxygen atoms in total. The highest BCUT2D eigenvalue weighted by atomic mass is 19.1. The van der Waals surface area contributed by atoms with Crippen molar-refractivity contribution in [2.24, 2.45) is 0 Å².